The molecule has 0 saturated heterocycles. The van der Waals surface area contributed by atoms with Crippen LogP contribution in [0.3, 0.4) is 0 Å². The lowest BCUT2D eigenvalue weighted by Crippen LogP contribution is -2.31. The van der Waals surface area contributed by atoms with Crippen molar-refractivity contribution in [1.29, 1.82) is 0 Å². The quantitative estimate of drug-likeness (QED) is 0.198. The number of fused-ring (bicyclic) bond motifs is 1. The predicted molar refractivity (Wildman–Crippen MR) is 141 cm³/mol. The first-order valence-corrected chi connectivity index (χ1v) is 15.1. The second-order valence-electron chi connectivity index (χ2n) is 7.82. The highest BCUT2D eigenvalue weighted by Gasteiger charge is 2.17. The van der Waals surface area contributed by atoms with Gasteiger partial charge in [0.2, 0.25) is 4.80 Å². The third kappa shape index (κ3) is 10.3. The highest BCUT2D eigenvalue weighted by molar-refractivity contribution is 8.00. The van der Waals surface area contributed by atoms with Crippen LogP contribution in [0.5, 0.6) is 0 Å². The van der Waals surface area contributed by atoms with Gasteiger partial charge in [0.25, 0.3) is 0 Å². The summed E-state index contributed by atoms with van der Waals surface area (Å²) in [4.78, 5) is 47.4. The Morgan fingerprint density at radius 2 is 1.97 bits per heavy atom. The molecule has 17 heteroatoms. The van der Waals surface area contributed by atoms with E-state index in [1.165, 1.54) is 19.8 Å². The molecular formula is C20H30ClFN5O7PS2. The molecule has 1 aromatic heterocycles. The Bertz CT molecular complexity index is 1280. The number of ether oxygens (including phenoxy) is 1. The van der Waals surface area contributed by atoms with Gasteiger partial charge in [-0.05, 0) is 42.7 Å². The summed E-state index contributed by atoms with van der Waals surface area (Å²) in [6.07, 6.45) is 1.90. The smallest absolute Gasteiger partial charge is 0.325 e. The Hall–Kier alpha value is -2.00. The van der Waals surface area contributed by atoms with E-state index in [2.05, 4.69) is 9.73 Å². The Balaban J connectivity index is 0.000000487. The summed E-state index contributed by atoms with van der Waals surface area (Å²) in [7, 11) is -1.81. The van der Waals surface area contributed by atoms with Crippen LogP contribution in [0.1, 0.15) is 19.3 Å². The first-order chi connectivity index (χ1) is 16.8. The zero-order chi connectivity index (χ0) is 27.0. The van der Waals surface area contributed by atoms with Gasteiger partial charge in [0, 0.05) is 30.8 Å². The number of hydrogen-bond donors (Lipinski definition) is 4. The third-order valence-electron chi connectivity index (χ3n) is 4.85. The minimum atomic E-state index is -3.10. The molecule has 2 aromatic rings. The van der Waals surface area contributed by atoms with E-state index < -0.39 is 31.2 Å². The number of nitrogens with zero attached hydrogens (tertiary/aromatic N) is 3. The van der Waals surface area contributed by atoms with E-state index in [9.17, 15) is 23.3 Å². The summed E-state index contributed by atoms with van der Waals surface area (Å²) >= 11 is 8.17. The minimum Gasteiger partial charge on any atom is -0.480 e. The largest absolute Gasteiger partial charge is 0.480 e. The molecular weight excluding hydrogens is 572 g/mol. The molecule has 0 amide bonds. The first-order valence-electron chi connectivity index (χ1n) is 10.6. The van der Waals surface area contributed by atoms with Gasteiger partial charge in [-0.3, -0.25) is 23.6 Å². The summed E-state index contributed by atoms with van der Waals surface area (Å²) in [5.74, 6) is -2.06. The van der Waals surface area contributed by atoms with E-state index in [0.717, 1.165) is 42.0 Å². The van der Waals surface area contributed by atoms with Gasteiger partial charge in [0.1, 0.15) is 17.5 Å². The summed E-state index contributed by atoms with van der Waals surface area (Å²) in [5, 5.41) is 8.48. The topological polar surface area (TPSA) is 201 Å². The van der Waals surface area contributed by atoms with Crippen LogP contribution >= 0.6 is 42.1 Å². The fraction of sp³-hybridized carbons (Fsp3) is 0.500. The van der Waals surface area contributed by atoms with Crippen LogP contribution in [0, 0.1) is 5.82 Å². The molecule has 1 aromatic carbocycles. The lowest BCUT2D eigenvalue weighted by molar-refractivity contribution is -0.139. The number of benzene rings is 1. The van der Waals surface area contributed by atoms with Crippen LogP contribution < -0.4 is 21.6 Å². The van der Waals surface area contributed by atoms with Crippen molar-refractivity contribution in [3.8, 4) is 0 Å². The van der Waals surface area contributed by atoms with Gasteiger partial charge in [-0.15, -0.1) is 11.8 Å². The molecule has 7 N–H and O–H groups in total. The van der Waals surface area contributed by atoms with Gasteiger partial charge in [-0.1, -0.05) is 11.6 Å². The van der Waals surface area contributed by atoms with Crippen LogP contribution in [0.25, 0.3) is 0 Å². The van der Waals surface area contributed by atoms with Crippen molar-refractivity contribution in [1.82, 2.24) is 15.5 Å². The number of nitrogens with two attached hydrogens (primary N) is 1. The number of carboxylic acids is 1. The first kappa shape index (κ1) is 33.0. The molecule has 37 heavy (non-hydrogen) atoms. The Kier molecular flexibility index (Phi) is 13.2. The maximum absolute atomic E-state index is 14.3. The van der Waals surface area contributed by atoms with E-state index >= 15 is 0 Å². The van der Waals surface area contributed by atoms with Crippen LogP contribution in [0.2, 0.25) is 5.02 Å². The molecule has 2 unspecified atom stereocenters. The number of thioether (sulfide) groups is 1. The van der Waals surface area contributed by atoms with Gasteiger partial charge < -0.3 is 26.6 Å². The zero-order valence-electron chi connectivity index (χ0n) is 20.3. The van der Waals surface area contributed by atoms with Gasteiger partial charge in [-0.2, -0.15) is 0 Å². The molecule has 0 saturated carbocycles. The fourth-order valence-electron chi connectivity index (χ4n) is 2.93. The van der Waals surface area contributed by atoms with Crippen molar-refractivity contribution in [3.63, 3.8) is 0 Å². The summed E-state index contributed by atoms with van der Waals surface area (Å²) in [5.41, 5.74) is 5.17. The molecule has 0 spiro atoms. The van der Waals surface area contributed by atoms with Gasteiger partial charge in [0.15, 0.2) is 7.37 Å². The van der Waals surface area contributed by atoms with E-state index in [-0.39, 0.29) is 40.1 Å². The van der Waals surface area contributed by atoms with E-state index in [1.54, 1.807) is 9.36 Å². The number of carboxylic acid groups (broad SMARTS) is 1. The van der Waals surface area contributed by atoms with Gasteiger partial charge in [-0.25, -0.2) is 14.1 Å². The molecule has 0 radical (unpaired) electrons. The van der Waals surface area contributed by atoms with Gasteiger partial charge in [0.05, 0.1) is 17.9 Å². The number of carbonyl (C=O) groups excluding carboxylic acids is 1. The number of aliphatic carboxylic acids is 1. The zero-order valence-corrected chi connectivity index (χ0v) is 23.5. The molecule has 3 rings (SSSR count). The van der Waals surface area contributed by atoms with Crippen molar-refractivity contribution >= 4 is 59.7 Å². The predicted octanol–water partition coefficient (Wildman–Crippen LogP) is 2.65. The number of halogens is 2. The molecule has 1 aliphatic heterocycles. The normalized spacial score (nSPS) is 15.4. The minimum absolute atomic E-state index is 0. The van der Waals surface area contributed by atoms with Crippen LogP contribution in [0.15, 0.2) is 26.8 Å². The summed E-state index contributed by atoms with van der Waals surface area (Å²) in [6, 6.07) is 1.61. The lowest BCUT2D eigenvalue weighted by Gasteiger charge is -2.15. The fourth-order valence-corrected chi connectivity index (χ4v) is 5.68. The maximum Gasteiger partial charge on any atom is 0.325 e. The molecule has 1 aliphatic rings. The Labute approximate surface area is 225 Å². The second-order valence-corrected chi connectivity index (χ2v) is 12.7. The maximum atomic E-state index is 14.3. The van der Waals surface area contributed by atoms with Gasteiger partial charge >= 0.3 is 16.8 Å². The van der Waals surface area contributed by atoms with Crippen molar-refractivity contribution in [2.45, 2.75) is 43.3 Å². The highest BCUT2D eigenvalue weighted by Crippen LogP contribution is 2.36. The Morgan fingerprint density at radius 3 is 2.54 bits per heavy atom. The van der Waals surface area contributed by atoms with Crippen LogP contribution in [-0.4, -0.2) is 63.0 Å². The van der Waals surface area contributed by atoms with Crippen molar-refractivity contribution < 1.29 is 33.3 Å². The summed E-state index contributed by atoms with van der Waals surface area (Å²) < 4.78 is 32.9. The Morgan fingerprint density at radius 1 is 1.35 bits per heavy atom. The molecule has 0 aliphatic carbocycles. The molecule has 2 heterocycles. The van der Waals surface area contributed by atoms with E-state index in [1.807, 2.05) is 0 Å². The molecule has 0 bridgehead atoms. The summed E-state index contributed by atoms with van der Waals surface area (Å²) in [6.45, 7) is 2.51. The number of carbonyl (C=O) groups is 2. The highest BCUT2D eigenvalue weighted by atomic mass is 35.5. The molecule has 0 fully saturated rings. The average Bonchev–Trinajstić information content (AvgIpc) is 3.13. The molecule has 12 nitrogen and oxygen atoms in total. The van der Waals surface area contributed by atoms with E-state index in [0.29, 0.717) is 22.8 Å². The van der Waals surface area contributed by atoms with Crippen molar-refractivity contribution in [2.24, 2.45) is 10.7 Å². The van der Waals surface area contributed by atoms with Crippen LogP contribution in [-0.2, 0) is 32.0 Å². The monoisotopic (exact) mass is 601 g/mol. The third-order valence-corrected chi connectivity index (χ3v) is 8.27. The lowest BCUT2D eigenvalue weighted by atomic mass is 10.2. The van der Waals surface area contributed by atoms with E-state index in [4.69, 9.17) is 27.3 Å². The number of rotatable bonds is 8. The van der Waals surface area contributed by atoms with Crippen LogP contribution in [0.4, 0.5) is 10.1 Å². The number of methoxy groups -OCH3 is 1. The van der Waals surface area contributed by atoms with Crippen molar-refractivity contribution in [2.75, 3.05) is 25.7 Å². The molecule has 208 valence electrons. The number of hydrogen-bond acceptors (Lipinski definition) is 10. The SMILES string of the molecule is COC(=O)CSc1cc(N=c2sc(=O)n3n2CCCC3)c(F)cc1Cl.CP(=O)(O)CCC(N)C(=O)O.N. The van der Waals surface area contributed by atoms with Crippen molar-refractivity contribution in [3.05, 3.63) is 37.4 Å². The molecule has 2 atom stereocenters. The standard InChI is InChI=1S/C15H15ClFN3O3S2.C5H12NO4P.H3N/c1-23-13(21)8-24-12-7-11(10(17)6-9(12)16)18-14-19-4-2-3-5-20(19)15(22)25-14;1-11(9,10)3-2-4(6)5(7)8;/h6-7H,2-5,8H2,1H3;4H,2-3,6H2,1H3,(H,7,8)(H,9,10);1H3. The number of esters is 1. The average molecular weight is 602 g/mol. The number of aromatic nitrogens is 2. The second kappa shape index (κ2) is 14.8.